The Hall–Kier alpha value is -8.20. The third-order valence-electron chi connectivity index (χ3n) is 14.7. The number of hydrogen-bond donors (Lipinski definition) is 0. The van der Waals surface area contributed by atoms with Crippen molar-refractivity contribution in [3.8, 4) is 66.8 Å². The molecule has 10 aromatic carbocycles. The van der Waals surface area contributed by atoms with Gasteiger partial charge in [-0.2, -0.15) is 0 Å². The molecule has 0 saturated heterocycles. The second kappa shape index (κ2) is 16.0. The van der Waals surface area contributed by atoms with E-state index in [0.29, 0.717) is 0 Å². The fourth-order valence-electron chi connectivity index (χ4n) is 11.2. The molecule has 1 saturated carbocycles. The minimum Gasteiger partial charge on any atom is -0.456 e. The topological polar surface area (TPSA) is 16.4 Å². The maximum absolute atomic E-state index is 6.35. The van der Waals surface area contributed by atoms with Gasteiger partial charge in [-0.1, -0.05) is 189 Å². The van der Waals surface area contributed by atoms with Gasteiger partial charge in [0, 0.05) is 33.2 Å². The summed E-state index contributed by atoms with van der Waals surface area (Å²) in [5.74, 6) is 0. The van der Waals surface area contributed by atoms with Crippen LogP contribution in [0.2, 0.25) is 0 Å². The number of hydrogen-bond acceptors (Lipinski definition) is 2. The smallest absolute Gasteiger partial charge is 0.136 e. The molecule has 0 unspecified atom stereocenters. The molecule has 0 amide bonds. The Balaban J connectivity index is 0.874. The number of para-hydroxylation sites is 1. The maximum Gasteiger partial charge on any atom is 0.136 e. The second-order valence-corrected chi connectivity index (χ2v) is 18.4. The van der Waals surface area contributed by atoms with Gasteiger partial charge in [0.1, 0.15) is 11.2 Å². The Morgan fingerprint density at radius 1 is 0.299 bits per heavy atom. The lowest BCUT2D eigenvalue weighted by atomic mass is 9.76. The predicted molar refractivity (Wildman–Crippen MR) is 280 cm³/mol. The van der Waals surface area contributed by atoms with Crippen LogP contribution in [0.3, 0.4) is 0 Å². The molecule has 1 aromatic heterocycles. The van der Waals surface area contributed by atoms with Crippen molar-refractivity contribution in [3.63, 3.8) is 0 Å². The Labute approximate surface area is 392 Å². The molecule has 0 atom stereocenters. The molecule has 2 heteroatoms. The molecule has 67 heavy (non-hydrogen) atoms. The maximum atomic E-state index is 6.35. The van der Waals surface area contributed by atoms with E-state index in [9.17, 15) is 0 Å². The summed E-state index contributed by atoms with van der Waals surface area (Å²) in [4.78, 5) is 2.45. The average molecular weight is 858 g/mol. The molecule has 0 bridgehead atoms. The summed E-state index contributed by atoms with van der Waals surface area (Å²) >= 11 is 0. The van der Waals surface area contributed by atoms with Crippen molar-refractivity contribution in [2.45, 2.75) is 31.1 Å². The van der Waals surface area contributed by atoms with E-state index in [2.05, 4.69) is 235 Å². The predicted octanol–water partition coefficient (Wildman–Crippen LogP) is 18.2. The summed E-state index contributed by atoms with van der Waals surface area (Å²) in [5, 5.41) is 2.33. The van der Waals surface area contributed by atoms with Gasteiger partial charge in [0.2, 0.25) is 0 Å². The van der Waals surface area contributed by atoms with E-state index in [1.165, 1.54) is 96.4 Å². The molecule has 13 rings (SSSR count). The first-order valence-electron chi connectivity index (χ1n) is 23.7. The van der Waals surface area contributed by atoms with Gasteiger partial charge in [0.25, 0.3) is 0 Å². The number of nitrogens with zero attached hydrogens (tertiary/aromatic N) is 1. The Kier molecular flexibility index (Phi) is 9.39. The highest BCUT2D eigenvalue weighted by molar-refractivity contribution is 6.06. The van der Waals surface area contributed by atoms with Gasteiger partial charge in [-0.15, -0.1) is 0 Å². The fraction of sp³-hybridized carbons (Fsp3) is 0.0769. The zero-order chi connectivity index (χ0) is 44.3. The SMILES string of the molecule is c1ccc(-c2ccc(-c3ccc(N(c4ccc(-c5ccc(-c6ccccc6)cc5)cc4)c4ccc5c(c4)C4(CCCC4)c4cc(-c6ccc7c(c6)oc6ccccc67)ccc4-5)cc3)cc2)cc1. The van der Waals surface area contributed by atoms with E-state index in [0.717, 1.165) is 46.2 Å². The molecular weight excluding hydrogens is 811 g/mol. The Morgan fingerprint density at radius 2 is 0.687 bits per heavy atom. The van der Waals surface area contributed by atoms with Crippen molar-refractivity contribution in [3.05, 3.63) is 248 Å². The lowest BCUT2D eigenvalue weighted by Crippen LogP contribution is -2.21. The molecule has 1 fully saturated rings. The van der Waals surface area contributed by atoms with Crippen molar-refractivity contribution in [1.82, 2.24) is 0 Å². The lowest BCUT2D eigenvalue weighted by molar-refractivity contribution is 0.550. The van der Waals surface area contributed by atoms with Gasteiger partial charge >= 0.3 is 0 Å². The van der Waals surface area contributed by atoms with Crippen LogP contribution in [0, 0.1) is 0 Å². The number of anilines is 3. The van der Waals surface area contributed by atoms with Crippen LogP contribution in [0.5, 0.6) is 0 Å². The van der Waals surface area contributed by atoms with Gasteiger partial charge in [0.05, 0.1) is 0 Å². The van der Waals surface area contributed by atoms with E-state index >= 15 is 0 Å². The second-order valence-electron chi connectivity index (χ2n) is 18.4. The van der Waals surface area contributed by atoms with Crippen molar-refractivity contribution >= 4 is 39.0 Å². The van der Waals surface area contributed by atoms with Gasteiger partial charge in [-0.05, 0) is 151 Å². The van der Waals surface area contributed by atoms with E-state index in [1.54, 1.807) is 0 Å². The first-order valence-corrected chi connectivity index (χ1v) is 23.7. The molecule has 11 aromatic rings. The van der Waals surface area contributed by atoms with Crippen LogP contribution < -0.4 is 4.90 Å². The van der Waals surface area contributed by atoms with Crippen LogP contribution >= 0.6 is 0 Å². The standard InChI is InChI=1S/C65H47NO/c1-3-11-44(12-4-1)46-17-21-48(22-18-46)50-25-31-54(32-26-50)66(55-33-27-51(28-34-55)49-23-19-47(20-24-49)45-13-5-2-6-14-45)56-35-38-58-57-36-29-52(41-61(57)65(62(58)43-56)39-9-10-40-65)53-30-37-60-59-15-7-8-16-63(59)67-64(60)42-53/h1-8,11-38,41-43H,9-10,39-40H2. The van der Waals surface area contributed by atoms with E-state index in [4.69, 9.17) is 4.42 Å². The normalized spacial score (nSPS) is 13.6. The quantitative estimate of drug-likeness (QED) is 0.151. The third kappa shape index (κ3) is 6.79. The Bertz CT molecular complexity index is 3450. The molecule has 0 aliphatic heterocycles. The van der Waals surface area contributed by atoms with E-state index in [-0.39, 0.29) is 5.41 Å². The summed E-state index contributed by atoms with van der Waals surface area (Å²) in [7, 11) is 0. The monoisotopic (exact) mass is 857 g/mol. The number of rotatable bonds is 8. The van der Waals surface area contributed by atoms with Crippen molar-refractivity contribution in [1.29, 1.82) is 0 Å². The highest BCUT2D eigenvalue weighted by Gasteiger charge is 2.45. The lowest BCUT2D eigenvalue weighted by Gasteiger charge is -2.30. The first kappa shape index (κ1) is 39.2. The van der Waals surface area contributed by atoms with Crippen molar-refractivity contribution in [2.75, 3.05) is 4.90 Å². The largest absolute Gasteiger partial charge is 0.456 e. The highest BCUT2D eigenvalue weighted by atomic mass is 16.3. The number of furan rings is 1. The van der Waals surface area contributed by atoms with Gasteiger partial charge in [-0.3, -0.25) is 0 Å². The van der Waals surface area contributed by atoms with Crippen molar-refractivity contribution in [2.24, 2.45) is 0 Å². The number of fused-ring (bicyclic) bond motifs is 8. The number of benzene rings is 10. The summed E-state index contributed by atoms with van der Waals surface area (Å²) in [6.07, 6.45) is 4.75. The molecule has 318 valence electrons. The highest BCUT2D eigenvalue weighted by Crippen LogP contribution is 2.58. The minimum atomic E-state index is -0.0304. The summed E-state index contributed by atoms with van der Waals surface area (Å²) in [6, 6.07) is 86.8. The van der Waals surface area contributed by atoms with Crippen LogP contribution in [-0.2, 0) is 5.41 Å². The van der Waals surface area contributed by atoms with Crippen LogP contribution in [0.1, 0.15) is 36.8 Å². The molecule has 2 aliphatic carbocycles. The van der Waals surface area contributed by atoms with Crippen LogP contribution in [-0.4, -0.2) is 0 Å². The van der Waals surface area contributed by atoms with Gasteiger partial charge in [-0.25, -0.2) is 0 Å². The summed E-state index contributed by atoms with van der Waals surface area (Å²) in [6.45, 7) is 0. The first-order chi connectivity index (χ1) is 33.1. The van der Waals surface area contributed by atoms with E-state index < -0.39 is 0 Å². The van der Waals surface area contributed by atoms with Crippen LogP contribution in [0.25, 0.3) is 88.7 Å². The third-order valence-corrected chi connectivity index (χ3v) is 14.7. The molecule has 1 spiro atoms. The zero-order valence-electron chi connectivity index (χ0n) is 37.2. The van der Waals surface area contributed by atoms with Gasteiger partial charge in [0.15, 0.2) is 0 Å². The molecule has 2 nitrogen and oxygen atoms in total. The molecule has 1 heterocycles. The molecule has 0 radical (unpaired) electrons. The minimum absolute atomic E-state index is 0.0304. The fourth-order valence-corrected chi connectivity index (χ4v) is 11.2. The van der Waals surface area contributed by atoms with Crippen LogP contribution in [0.4, 0.5) is 17.1 Å². The molecular formula is C65H47NO. The van der Waals surface area contributed by atoms with E-state index in [1.807, 2.05) is 6.07 Å². The summed E-state index contributed by atoms with van der Waals surface area (Å²) in [5.41, 5.74) is 23.1. The summed E-state index contributed by atoms with van der Waals surface area (Å²) < 4.78 is 6.35. The van der Waals surface area contributed by atoms with Crippen LogP contribution in [0.15, 0.2) is 241 Å². The molecule has 2 aliphatic rings. The zero-order valence-corrected chi connectivity index (χ0v) is 37.2. The van der Waals surface area contributed by atoms with Crippen molar-refractivity contribution < 1.29 is 4.42 Å². The Morgan fingerprint density at radius 3 is 1.24 bits per heavy atom. The molecule has 0 N–H and O–H groups in total. The van der Waals surface area contributed by atoms with Gasteiger partial charge < -0.3 is 9.32 Å². The average Bonchev–Trinajstić information content (AvgIpc) is 4.12.